The monoisotopic (exact) mass is 355 g/mol. The third-order valence-corrected chi connectivity index (χ3v) is 3.82. The third kappa shape index (κ3) is 3.70. The predicted molar refractivity (Wildman–Crippen MR) is 87.3 cm³/mol. The van der Waals surface area contributed by atoms with Crippen molar-refractivity contribution in [2.75, 3.05) is 6.54 Å². The van der Waals surface area contributed by atoms with E-state index >= 15 is 0 Å². The lowest BCUT2D eigenvalue weighted by atomic mass is 10.2. The van der Waals surface area contributed by atoms with Crippen molar-refractivity contribution in [3.8, 4) is 0 Å². The Bertz CT molecular complexity index is 675. The second kappa shape index (κ2) is 6.54. The van der Waals surface area contributed by atoms with Crippen molar-refractivity contribution in [2.45, 2.75) is 26.8 Å². The summed E-state index contributed by atoms with van der Waals surface area (Å²) in [7, 11) is 0. The average Bonchev–Trinajstić information content (AvgIpc) is 2.68. The van der Waals surface area contributed by atoms with Crippen LogP contribution < -0.4 is 5.32 Å². The first-order valence-electron chi connectivity index (χ1n) is 6.62. The van der Waals surface area contributed by atoms with Crippen molar-refractivity contribution >= 4 is 45.1 Å². The Balaban J connectivity index is 2.08. The first-order chi connectivity index (χ1) is 9.47. The summed E-state index contributed by atoms with van der Waals surface area (Å²) in [6, 6.07) is 5.96. The van der Waals surface area contributed by atoms with E-state index in [1.54, 1.807) is 0 Å². The van der Waals surface area contributed by atoms with Crippen molar-refractivity contribution in [3.05, 3.63) is 27.4 Å². The molecule has 20 heavy (non-hydrogen) atoms. The van der Waals surface area contributed by atoms with Crippen molar-refractivity contribution in [2.24, 2.45) is 5.92 Å². The van der Waals surface area contributed by atoms with Gasteiger partial charge in [0.1, 0.15) is 0 Å². The highest BCUT2D eigenvalue weighted by atomic mass is 79.9. The fourth-order valence-corrected chi connectivity index (χ4v) is 2.64. The summed E-state index contributed by atoms with van der Waals surface area (Å²) in [5, 5.41) is 2.92. The lowest BCUT2D eigenvalue weighted by molar-refractivity contribution is -0.121. The second-order valence-corrected chi connectivity index (χ2v) is 6.49. The Morgan fingerprint density at radius 2 is 2.25 bits per heavy atom. The summed E-state index contributed by atoms with van der Waals surface area (Å²) in [6.45, 7) is 5.46. The maximum absolute atomic E-state index is 11.8. The van der Waals surface area contributed by atoms with Gasteiger partial charge in [-0.05, 0) is 36.3 Å². The summed E-state index contributed by atoms with van der Waals surface area (Å²) >= 11 is 8.75. The standard InChI is InChI=1S/C14H18BrN3OS/c1-9(2)8-16-13(19)5-6-18-12-4-3-10(15)7-11(12)17-14(18)20/h3-4,7,9H,5-6,8H2,1-2H3,(H,16,19)(H,17,20). The molecular weight excluding hydrogens is 338 g/mol. The van der Waals surface area contributed by atoms with Crippen molar-refractivity contribution < 1.29 is 4.79 Å². The lowest BCUT2D eigenvalue weighted by Crippen LogP contribution is -2.28. The molecule has 2 rings (SSSR count). The van der Waals surface area contributed by atoms with Crippen LogP contribution >= 0.6 is 28.1 Å². The van der Waals surface area contributed by atoms with E-state index in [4.69, 9.17) is 12.2 Å². The van der Waals surface area contributed by atoms with Gasteiger partial charge in [0.25, 0.3) is 0 Å². The fraction of sp³-hybridized carbons (Fsp3) is 0.429. The quantitative estimate of drug-likeness (QED) is 0.804. The molecule has 1 amide bonds. The van der Waals surface area contributed by atoms with Crippen LogP contribution in [0, 0.1) is 10.7 Å². The SMILES string of the molecule is CC(C)CNC(=O)CCn1c(=S)[nH]c2cc(Br)ccc21. The number of H-pyrrole nitrogens is 1. The van der Waals surface area contributed by atoms with Crippen molar-refractivity contribution in [1.29, 1.82) is 0 Å². The van der Waals surface area contributed by atoms with E-state index in [9.17, 15) is 4.79 Å². The Hall–Kier alpha value is -1.14. The van der Waals surface area contributed by atoms with Gasteiger partial charge in [0.05, 0.1) is 11.0 Å². The molecule has 0 aliphatic rings. The van der Waals surface area contributed by atoms with Gasteiger partial charge in [-0.2, -0.15) is 0 Å². The topological polar surface area (TPSA) is 49.8 Å². The summed E-state index contributed by atoms with van der Waals surface area (Å²) in [6.07, 6.45) is 0.435. The van der Waals surface area contributed by atoms with Crippen molar-refractivity contribution in [3.63, 3.8) is 0 Å². The minimum atomic E-state index is 0.0621. The third-order valence-electron chi connectivity index (χ3n) is 3.01. The first kappa shape index (κ1) is 15.3. The number of amides is 1. The highest BCUT2D eigenvalue weighted by molar-refractivity contribution is 9.10. The van der Waals surface area contributed by atoms with Gasteiger partial charge in [0.2, 0.25) is 5.91 Å². The van der Waals surface area contributed by atoms with Crippen LogP contribution in [0.4, 0.5) is 0 Å². The Labute approximate surface area is 131 Å². The number of benzene rings is 1. The van der Waals surface area contributed by atoms with E-state index in [0.717, 1.165) is 15.5 Å². The molecule has 1 heterocycles. The number of imidazole rings is 1. The average molecular weight is 356 g/mol. The molecule has 0 atom stereocenters. The minimum absolute atomic E-state index is 0.0621. The van der Waals surface area contributed by atoms with Crippen LogP contribution in [0.2, 0.25) is 0 Å². The molecule has 1 aromatic heterocycles. The number of rotatable bonds is 5. The van der Waals surface area contributed by atoms with Gasteiger partial charge >= 0.3 is 0 Å². The van der Waals surface area contributed by atoms with E-state index < -0.39 is 0 Å². The molecule has 0 radical (unpaired) electrons. The van der Waals surface area contributed by atoms with E-state index in [-0.39, 0.29) is 5.91 Å². The van der Waals surface area contributed by atoms with Crippen LogP contribution in [0.5, 0.6) is 0 Å². The summed E-state index contributed by atoms with van der Waals surface area (Å²) in [5.41, 5.74) is 2.00. The van der Waals surface area contributed by atoms with Gasteiger partial charge in [0.15, 0.2) is 4.77 Å². The number of carbonyl (C=O) groups is 1. The number of nitrogens with zero attached hydrogens (tertiary/aromatic N) is 1. The molecule has 0 saturated heterocycles. The van der Waals surface area contributed by atoms with Crippen LogP contribution in [0.3, 0.4) is 0 Å². The fourth-order valence-electron chi connectivity index (χ4n) is 1.98. The highest BCUT2D eigenvalue weighted by Gasteiger charge is 2.07. The summed E-state index contributed by atoms with van der Waals surface area (Å²) < 4.78 is 3.62. The molecule has 4 nitrogen and oxygen atoms in total. The molecule has 0 aliphatic heterocycles. The van der Waals surface area contributed by atoms with Crippen molar-refractivity contribution in [1.82, 2.24) is 14.9 Å². The number of aromatic amines is 1. The zero-order chi connectivity index (χ0) is 14.7. The van der Waals surface area contributed by atoms with Gasteiger partial charge in [-0.3, -0.25) is 4.79 Å². The molecule has 0 spiro atoms. The molecule has 0 saturated carbocycles. The van der Waals surface area contributed by atoms with Crippen LogP contribution in [-0.2, 0) is 11.3 Å². The van der Waals surface area contributed by atoms with Gasteiger partial charge in [-0.25, -0.2) is 0 Å². The molecule has 0 bridgehead atoms. The number of aryl methyl sites for hydroxylation is 1. The van der Waals surface area contributed by atoms with E-state index in [2.05, 4.69) is 40.1 Å². The number of nitrogens with one attached hydrogen (secondary N) is 2. The normalized spacial score (nSPS) is 11.2. The highest BCUT2D eigenvalue weighted by Crippen LogP contribution is 2.19. The number of carbonyl (C=O) groups excluding carboxylic acids is 1. The van der Waals surface area contributed by atoms with Crippen LogP contribution in [-0.4, -0.2) is 22.0 Å². The number of fused-ring (bicyclic) bond motifs is 1. The Kier molecular flexibility index (Phi) is 4.99. The summed E-state index contributed by atoms with van der Waals surface area (Å²) in [4.78, 5) is 14.9. The van der Waals surface area contributed by atoms with Crippen LogP contribution in [0.1, 0.15) is 20.3 Å². The van der Waals surface area contributed by atoms with Gasteiger partial charge in [0, 0.05) is 24.0 Å². The number of aromatic nitrogens is 2. The van der Waals surface area contributed by atoms with Crippen LogP contribution in [0.25, 0.3) is 11.0 Å². The molecule has 0 unspecified atom stereocenters. The number of hydrogen-bond acceptors (Lipinski definition) is 2. The largest absolute Gasteiger partial charge is 0.356 e. The van der Waals surface area contributed by atoms with Gasteiger partial charge in [-0.15, -0.1) is 0 Å². The second-order valence-electron chi connectivity index (χ2n) is 5.19. The molecule has 1 aromatic carbocycles. The molecule has 2 N–H and O–H groups in total. The molecule has 2 aromatic rings. The zero-order valence-corrected chi connectivity index (χ0v) is 14.0. The van der Waals surface area contributed by atoms with Gasteiger partial charge < -0.3 is 14.9 Å². The zero-order valence-electron chi connectivity index (χ0n) is 11.6. The van der Waals surface area contributed by atoms with E-state index in [1.807, 2.05) is 22.8 Å². The number of hydrogen-bond donors (Lipinski definition) is 2. The molecule has 108 valence electrons. The van der Waals surface area contributed by atoms with Gasteiger partial charge in [-0.1, -0.05) is 29.8 Å². The first-order valence-corrected chi connectivity index (χ1v) is 7.82. The van der Waals surface area contributed by atoms with Crippen LogP contribution in [0.15, 0.2) is 22.7 Å². The lowest BCUT2D eigenvalue weighted by Gasteiger charge is -2.08. The molecular formula is C14H18BrN3OS. The smallest absolute Gasteiger partial charge is 0.221 e. The predicted octanol–water partition coefficient (Wildman–Crippen LogP) is 3.62. The van der Waals surface area contributed by atoms with E-state index in [1.165, 1.54) is 0 Å². The minimum Gasteiger partial charge on any atom is -0.356 e. The summed E-state index contributed by atoms with van der Waals surface area (Å²) in [5.74, 6) is 0.526. The Morgan fingerprint density at radius 3 is 2.95 bits per heavy atom. The van der Waals surface area contributed by atoms with E-state index in [0.29, 0.717) is 30.2 Å². The Morgan fingerprint density at radius 1 is 1.50 bits per heavy atom. The molecule has 6 heteroatoms. The number of halogens is 1. The maximum Gasteiger partial charge on any atom is 0.221 e. The maximum atomic E-state index is 11.8. The molecule has 0 aliphatic carbocycles. The molecule has 0 fully saturated rings.